The molecule has 0 saturated heterocycles. The Bertz CT molecular complexity index is 888. The lowest BCUT2D eigenvalue weighted by Crippen LogP contribution is -2.15. The van der Waals surface area contributed by atoms with E-state index in [2.05, 4.69) is 4.72 Å². The second-order valence-corrected chi connectivity index (χ2v) is 8.28. The molecule has 1 saturated carbocycles. The number of rotatable bonds is 5. The molecule has 0 unspecified atom stereocenters. The number of carboxylic acid groups (broad SMARTS) is 1. The maximum absolute atomic E-state index is 13.5. The van der Waals surface area contributed by atoms with Gasteiger partial charge in [0.15, 0.2) is 0 Å². The maximum Gasteiger partial charge on any atom is 0.337 e. The number of hydrogen-bond acceptors (Lipinski definition) is 5. The summed E-state index contributed by atoms with van der Waals surface area (Å²) in [6.45, 7) is 0. The van der Waals surface area contributed by atoms with Crippen molar-refractivity contribution in [3.63, 3.8) is 0 Å². The van der Waals surface area contributed by atoms with Gasteiger partial charge in [-0.1, -0.05) is 0 Å². The van der Waals surface area contributed by atoms with Gasteiger partial charge in [-0.05, 0) is 37.0 Å². The molecule has 1 fully saturated rings. The van der Waals surface area contributed by atoms with Crippen LogP contribution in [0.15, 0.2) is 28.5 Å². The number of carbonyl (C=O) groups is 1. The molecule has 0 atom stereocenters. The van der Waals surface area contributed by atoms with Gasteiger partial charge in [0, 0.05) is 10.9 Å². The van der Waals surface area contributed by atoms with Gasteiger partial charge in [-0.2, -0.15) is 0 Å². The van der Waals surface area contributed by atoms with E-state index >= 15 is 0 Å². The first-order chi connectivity index (χ1) is 10.8. The number of anilines is 2. The average Bonchev–Trinajstić information content (AvgIpc) is 3.18. The highest BCUT2D eigenvalue weighted by atomic mass is 32.2. The van der Waals surface area contributed by atoms with Crippen molar-refractivity contribution in [3.05, 3.63) is 40.5 Å². The van der Waals surface area contributed by atoms with Crippen LogP contribution in [-0.2, 0) is 10.0 Å². The minimum absolute atomic E-state index is 0.0833. The van der Waals surface area contributed by atoms with E-state index in [0.717, 1.165) is 41.2 Å². The summed E-state index contributed by atoms with van der Waals surface area (Å²) >= 11 is 1.15. The number of thiophene rings is 1. The van der Waals surface area contributed by atoms with Gasteiger partial charge in [0.05, 0.1) is 16.9 Å². The fourth-order valence-electron chi connectivity index (χ4n) is 2.14. The van der Waals surface area contributed by atoms with Crippen LogP contribution in [0.4, 0.5) is 15.8 Å². The van der Waals surface area contributed by atoms with Crippen LogP contribution in [0.1, 0.15) is 34.0 Å². The molecule has 4 N–H and O–H groups in total. The van der Waals surface area contributed by atoms with Crippen molar-refractivity contribution in [2.24, 2.45) is 0 Å². The Morgan fingerprint density at radius 3 is 2.65 bits per heavy atom. The van der Waals surface area contributed by atoms with Gasteiger partial charge in [0.2, 0.25) is 0 Å². The maximum atomic E-state index is 13.5. The molecule has 1 aromatic carbocycles. The minimum Gasteiger partial charge on any atom is -0.478 e. The van der Waals surface area contributed by atoms with Crippen molar-refractivity contribution >= 4 is 38.7 Å². The first-order valence-electron chi connectivity index (χ1n) is 6.73. The lowest BCUT2D eigenvalue weighted by atomic mass is 10.1. The Kier molecular flexibility index (Phi) is 3.77. The number of halogens is 1. The molecule has 1 aliphatic carbocycles. The predicted molar refractivity (Wildman–Crippen MR) is 84.9 cm³/mol. The molecule has 3 rings (SSSR count). The summed E-state index contributed by atoms with van der Waals surface area (Å²) in [5.41, 5.74) is 4.52. The lowest BCUT2D eigenvalue weighted by molar-refractivity contribution is 0.0697. The van der Waals surface area contributed by atoms with E-state index in [9.17, 15) is 17.6 Å². The Labute approximate surface area is 135 Å². The molecule has 2 aromatic rings. The van der Waals surface area contributed by atoms with Gasteiger partial charge < -0.3 is 10.8 Å². The summed E-state index contributed by atoms with van der Waals surface area (Å²) in [6, 6.07) is 4.84. The summed E-state index contributed by atoms with van der Waals surface area (Å²) in [6.07, 6.45) is 2.10. The van der Waals surface area contributed by atoms with Crippen LogP contribution in [0.5, 0.6) is 0 Å². The number of carboxylic acids is 1. The summed E-state index contributed by atoms with van der Waals surface area (Å²) in [7, 11) is -3.95. The number of nitrogen functional groups attached to an aromatic ring is 1. The number of nitrogens with one attached hydrogen (secondary N) is 1. The molecule has 1 aromatic heterocycles. The Morgan fingerprint density at radius 1 is 1.35 bits per heavy atom. The van der Waals surface area contributed by atoms with Crippen LogP contribution < -0.4 is 10.5 Å². The monoisotopic (exact) mass is 356 g/mol. The largest absolute Gasteiger partial charge is 0.478 e. The van der Waals surface area contributed by atoms with Crippen molar-refractivity contribution in [2.45, 2.75) is 23.0 Å². The molecule has 1 aliphatic rings. The van der Waals surface area contributed by atoms with Crippen molar-refractivity contribution in [2.75, 3.05) is 10.5 Å². The van der Waals surface area contributed by atoms with Gasteiger partial charge in [0.25, 0.3) is 10.0 Å². The summed E-state index contributed by atoms with van der Waals surface area (Å²) in [5, 5.41) is 8.98. The van der Waals surface area contributed by atoms with E-state index < -0.39 is 27.4 Å². The number of aromatic carboxylic acids is 1. The van der Waals surface area contributed by atoms with E-state index in [-0.39, 0.29) is 15.6 Å². The highest BCUT2D eigenvalue weighted by Gasteiger charge is 2.28. The third-order valence-electron chi connectivity index (χ3n) is 3.47. The molecule has 23 heavy (non-hydrogen) atoms. The molecule has 122 valence electrons. The van der Waals surface area contributed by atoms with Crippen LogP contribution in [0.25, 0.3) is 0 Å². The fraction of sp³-hybridized carbons (Fsp3) is 0.214. The molecule has 0 amide bonds. The summed E-state index contributed by atoms with van der Waals surface area (Å²) in [5.74, 6) is -1.91. The molecule has 9 heteroatoms. The third-order valence-corrected chi connectivity index (χ3v) is 6.57. The van der Waals surface area contributed by atoms with Crippen molar-refractivity contribution in [3.8, 4) is 0 Å². The SMILES string of the molecule is Nc1c(NS(=O)(=O)c2ccc(C3CC3)s2)cc(F)cc1C(=O)O. The highest BCUT2D eigenvalue weighted by molar-refractivity contribution is 7.94. The van der Waals surface area contributed by atoms with Crippen molar-refractivity contribution < 1.29 is 22.7 Å². The lowest BCUT2D eigenvalue weighted by Gasteiger charge is -2.11. The first-order valence-corrected chi connectivity index (χ1v) is 9.03. The van der Waals surface area contributed by atoms with E-state index in [1.807, 2.05) is 0 Å². The Balaban J connectivity index is 1.95. The van der Waals surface area contributed by atoms with Crippen LogP contribution in [0.3, 0.4) is 0 Å². The smallest absolute Gasteiger partial charge is 0.337 e. The van der Waals surface area contributed by atoms with E-state index in [1.54, 1.807) is 6.07 Å². The molecule has 0 spiro atoms. The first kappa shape index (κ1) is 15.8. The predicted octanol–water partition coefficient (Wildman–Crippen LogP) is 2.85. The fourth-order valence-corrected chi connectivity index (χ4v) is 4.71. The second-order valence-electron chi connectivity index (χ2n) is 5.26. The molecule has 0 radical (unpaired) electrons. The van der Waals surface area contributed by atoms with Gasteiger partial charge in [-0.25, -0.2) is 17.6 Å². The van der Waals surface area contributed by atoms with Crippen LogP contribution in [-0.4, -0.2) is 19.5 Å². The summed E-state index contributed by atoms with van der Waals surface area (Å²) < 4.78 is 40.5. The van der Waals surface area contributed by atoms with Crippen molar-refractivity contribution in [1.29, 1.82) is 0 Å². The third kappa shape index (κ3) is 3.15. The summed E-state index contributed by atoms with van der Waals surface area (Å²) in [4.78, 5) is 12.0. The molecule has 1 heterocycles. The van der Waals surface area contributed by atoms with Gasteiger partial charge in [-0.3, -0.25) is 4.72 Å². The van der Waals surface area contributed by atoms with Crippen LogP contribution in [0, 0.1) is 5.82 Å². The number of hydrogen-bond donors (Lipinski definition) is 3. The number of nitrogens with two attached hydrogens (primary N) is 1. The minimum atomic E-state index is -3.95. The number of sulfonamides is 1. The normalized spacial score (nSPS) is 14.7. The average molecular weight is 356 g/mol. The second kappa shape index (κ2) is 5.50. The molecular weight excluding hydrogens is 343 g/mol. The number of benzene rings is 1. The molecular formula is C14H13FN2O4S2. The van der Waals surface area contributed by atoms with E-state index in [0.29, 0.717) is 5.92 Å². The van der Waals surface area contributed by atoms with E-state index in [1.165, 1.54) is 6.07 Å². The zero-order valence-electron chi connectivity index (χ0n) is 11.7. The topological polar surface area (TPSA) is 109 Å². The van der Waals surface area contributed by atoms with Crippen LogP contribution in [0.2, 0.25) is 0 Å². The Morgan fingerprint density at radius 2 is 2.04 bits per heavy atom. The molecule has 6 nitrogen and oxygen atoms in total. The quantitative estimate of drug-likeness (QED) is 0.714. The van der Waals surface area contributed by atoms with Crippen molar-refractivity contribution in [1.82, 2.24) is 0 Å². The highest BCUT2D eigenvalue weighted by Crippen LogP contribution is 2.44. The van der Waals surface area contributed by atoms with Gasteiger partial charge in [-0.15, -0.1) is 11.3 Å². The van der Waals surface area contributed by atoms with Gasteiger partial charge in [0.1, 0.15) is 10.0 Å². The zero-order valence-corrected chi connectivity index (χ0v) is 13.4. The van der Waals surface area contributed by atoms with E-state index in [4.69, 9.17) is 10.8 Å². The standard InChI is InChI=1S/C14H13FN2O4S2/c15-8-5-9(14(18)19)13(16)10(6-8)17-23(20,21)12-4-3-11(22-12)7-1-2-7/h3-7,17H,1-2,16H2,(H,18,19). The van der Waals surface area contributed by atoms with Gasteiger partial charge >= 0.3 is 5.97 Å². The Hall–Kier alpha value is -2.13. The van der Waals surface area contributed by atoms with Crippen LogP contribution >= 0.6 is 11.3 Å². The zero-order chi connectivity index (χ0) is 16.8. The molecule has 0 bridgehead atoms. The molecule has 0 aliphatic heterocycles.